The van der Waals surface area contributed by atoms with Crippen LogP contribution in [0.25, 0.3) is 0 Å². The first-order valence-corrected chi connectivity index (χ1v) is 12.8. The minimum Gasteiger partial charge on any atom is -0.462 e. The first-order valence-electron chi connectivity index (χ1n) is 12.8. The van der Waals surface area contributed by atoms with Gasteiger partial charge in [0.2, 0.25) is 0 Å². The molecule has 194 valence electrons. The molecule has 2 saturated heterocycles. The van der Waals surface area contributed by atoms with Crippen LogP contribution in [-0.4, -0.2) is 74.0 Å². The minimum atomic E-state index is -0.371. The third kappa shape index (κ3) is 7.41. The summed E-state index contributed by atoms with van der Waals surface area (Å²) in [5.74, 6) is 0.417. The number of pyridine rings is 1. The number of hydrogen-bond acceptors (Lipinski definition) is 7. The quantitative estimate of drug-likeness (QED) is 0.550. The van der Waals surface area contributed by atoms with E-state index < -0.39 is 0 Å². The maximum Gasteiger partial charge on any atom is 0.339 e. The summed E-state index contributed by atoms with van der Waals surface area (Å²) in [6, 6.07) is 11.2. The number of esters is 1. The van der Waals surface area contributed by atoms with Gasteiger partial charge in [-0.3, -0.25) is 0 Å². The molecule has 1 unspecified atom stereocenters. The molecule has 2 fully saturated rings. The van der Waals surface area contributed by atoms with Gasteiger partial charge in [-0.25, -0.2) is 14.6 Å². The fourth-order valence-electron chi connectivity index (χ4n) is 4.45. The van der Waals surface area contributed by atoms with Crippen molar-refractivity contribution in [2.75, 3.05) is 56.2 Å². The molecule has 0 bridgehead atoms. The summed E-state index contributed by atoms with van der Waals surface area (Å²) < 4.78 is 16.6. The smallest absolute Gasteiger partial charge is 0.339 e. The van der Waals surface area contributed by atoms with Gasteiger partial charge in [0.25, 0.3) is 0 Å². The van der Waals surface area contributed by atoms with Crippen molar-refractivity contribution in [3.8, 4) is 0 Å². The number of nitrogens with zero attached hydrogens (tertiary/aromatic N) is 3. The minimum absolute atomic E-state index is 0.115. The number of carbonyl (C=O) groups excluding carboxylic acids is 2. The predicted octanol–water partition coefficient (Wildman–Crippen LogP) is 4.09. The number of anilines is 2. The van der Waals surface area contributed by atoms with Crippen molar-refractivity contribution in [1.29, 1.82) is 0 Å². The van der Waals surface area contributed by atoms with Crippen LogP contribution in [0.4, 0.5) is 16.3 Å². The fraction of sp³-hybridized carbons (Fsp3) is 0.519. The summed E-state index contributed by atoms with van der Waals surface area (Å²) in [5.41, 5.74) is 2.21. The molecule has 36 heavy (non-hydrogen) atoms. The average molecular weight is 497 g/mol. The first kappa shape index (κ1) is 25.9. The first-order chi connectivity index (χ1) is 17.6. The van der Waals surface area contributed by atoms with E-state index in [1.165, 1.54) is 6.42 Å². The van der Waals surface area contributed by atoms with Crippen molar-refractivity contribution < 1.29 is 23.8 Å². The highest BCUT2D eigenvalue weighted by Crippen LogP contribution is 2.18. The molecule has 2 aliphatic rings. The average Bonchev–Trinajstić information content (AvgIpc) is 3.16. The second-order valence-corrected chi connectivity index (χ2v) is 9.09. The second-order valence-electron chi connectivity index (χ2n) is 9.09. The molecule has 0 aliphatic carbocycles. The molecule has 3 heterocycles. The number of rotatable bonds is 8. The molecule has 1 aromatic carbocycles. The summed E-state index contributed by atoms with van der Waals surface area (Å²) >= 11 is 0. The molecule has 2 aromatic rings. The van der Waals surface area contributed by atoms with Gasteiger partial charge in [0.05, 0.1) is 31.5 Å². The third-order valence-electron chi connectivity index (χ3n) is 6.39. The van der Waals surface area contributed by atoms with Gasteiger partial charge in [-0.2, -0.15) is 0 Å². The van der Waals surface area contributed by atoms with Gasteiger partial charge in [-0.1, -0.05) is 12.1 Å². The lowest BCUT2D eigenvalue weighted by atomic mass is 10.1. The van der Waals surface area contributed by atoms with Crippen LogP contribution in [0.5, 0.6) is 0 Å². The standard InChI is InChI=1S/C27H36N4O5/c1-2-35-26(32)22-10-11-25(28-18-22)30-12-6-13-31(15-14-30)27(33)29-23-8-5-7-21(17-23)19-34-20-24-9-3-4-16-36-24/h5,7-8,10-11,17-18,24H,2-4,6,9,12-16,19-20H2,1H3,(H,29,33). The summed E-state index contributed by atoms with van der Waals surface area (Å²) in [7, 11) is 0. The van der Waals surface area contributed by atoms with Gasteiger partial charge in [0, 0.05) is 44.7 Å². The Hall–Kier alpha value is -3.17. The molecule has 0 radical (unpaired) electrons. The van der Waals surface area contributed by atoms with Gasteiger partial charge in [-0.15, -0.1) is 0 Å². The Labute approximate surface area is 212 Å². The van der Waals surface area contributed by atoms with Crippen molar-refractivity contribution in [2.24, 2.45) is 0 Å². The molecule has 9 heteroatoms. The number of aromatic nitrogens is 1. The van der Waals surface area contributed by atoms with Crippen LogP contribution in [0.2, 0.25) is 0 Å². The maximum absolute atomic E-state index is 13.0. The largest absolute Gasteiger partial charge is 0.462 e. The maximum atomic E-state index is 13.0. The van der Waals surface area contributed by atoms with E-state index in [0.29, 0.717) is 45.0 Å². The van der Waals surface area contributed by atoms with Gasteiger partial charge >= 0.3 is 12.0 Å². The van der Waals surface area contributed by atoms with E-state index in [1.807, 2.05) is 35.2 Å². The lowest BCUT2D eigenvalue weighted by molar-refractivity contribution is -0.0447. The van der Waals surface area contributed by atoms with Crippen molar-refractivity contribution in [3.63, 3.8) is 0 Å². The summed E-state index contributed by atoms with van der Waals surface area (Å²) in [5, 5.41) is 3.03. The number of urea groups is 1. The van der Waals surface area contributed by atoms with E-state index in [-0.39, 0.29) is 18.1 Å². The van der Waals surface area contributed by atoms with Gasteiger partial charge < -0.3 is 29.3 Å². The molecule has 2 amide bonds. The molecule has 4 rings (SSSR count). The van der Waals surface area contributed by atoms with Crippen LogP contribution in [-0.2, 0) is 20.8 Å². The molecule has 1 atom stereocenters. The van der Waals surface area contributed by atoms with Crippen LogP contribution in [0, 0.1) is 0 Å². The SMILES string of the molecule is CCOC(=O)c1ccc(N2CCCN(C(=O)Nc3cccc(COCC4CCCCO4)c3)CC2)nc1. The van der Waals surface area contributed by atoms with E-state index in [2.05, 4.69) is 15.2 Å². The number of amides is 2. The van der Waals surface area contributed by atoms with Crippen LogP contribution in [0.1, 0.15) is 48.5 Å². The van der Waals surface area contributed by atoms with E-state index in [0.717, 1.165) is 49.5 Å². The fourth-order valence-corrected chi connectivity index (χ4v) is 4.45. The molecule has 9 nitrogen and oxygen atoms in total. The van der Waals surface area contributed by atoms with Gasteiger partial charge in [-0.05, 0) is 62.4 Å². The van der Waals surface area contributed by atoms with Crippen molar-refractivity contribution in [1.82, 2.24) is 9.88 Å². The molecule has 0 spiro atoms. The summed E-state index contributed by atoms with van der Waals surface area (Å²) in [6.07, 6.45) is 5.94. The van der Waals surface area contributed by atoms with Crippen molar-refractivity contribution >= 4 is 23.5 Å². The highest BCUT2D eigenvalue weighted by molar-refractivity contribution is 5.90. The molecular formula is C27H36N4O5. The molecular weight excluding hydrogens is 460 g/mol. The number of ether oxygens (including phenoxy) is 3. The predicted molar refractivity (Wildman–Crippen MR) is 137 cm³/mol. The van der Waals surface area contributed by atoms with Gasteiger partial charge in [0.1, 0.15) is 5.82 Å². The monoisotopic (exact) mass is 496 g/mol. The second kappa shape index (κ2) is 13.2. The van der Waals surface area contributed by atoms with E-state index in [9.17, 15) is 9.59 Å². The third-order valence-corrected chi connectivity index (χ3v) is 6.39. The lowest BCUT2D eigenvalue weighted by Gasteiger charge is -2.23. The number of benzene rings is 1. The summed E-state index contributed by atoms with van der Waals surface area (Å²) in [6.45, 7) is 6.71. The number of hydrogen-bond donors (Lipinski definition) is 1. The Morgan fingerprint density at radius 1 is 1.11 bits per heavy atom. The highest BCUT2D eigenvalue weighted by atomic mass is 16.5. The summed E-state index contributed by atoms with van der Waals surface area (Å²) in [4.78, 5) is 33.2. The number of nitrogens with one attached hydrogen (secondary N) is 1. The molecule has 2 aliphatic heterocycles. The Kier molecular flexibility index (Phi) is 9.52. The van der Waals surface area contributed by atoms with E-state index in [1.54, 1.807) is 19.2 Å². The van der Waals surface area contributed by atoms with Gasteiger partial charge in [0.15, 0.2) is 0 Å². The molecule has 0 saturated carbocycles. The number of carbonyl (C=O) groups is 2. The topological polar surface area (TPSA) is 93.2 Å². The Balaban J connectivity index is 1.25. The Morgan fingerprint density at radius 2 is 2.03 bits per heavy atom. The lowest BCUT2D eigenvalue weighted by Crippen LogP contribution is -2.38. The Morgan fingerprint density at radius 3 is 2.81 bits per heavy atom. The van der Waals surface area contributed by atoms with Crippen LogP contribution in [0.15, 0.2) is 42.6 Å². The zero-order valence-electron chi connectivity index (χ0n) is 21.0. The van der Waals surface area contributed by atoms with Crippen molar-refractivity contribution in [3.05, 3.63) is 53.7 Å². The highest BCUT2D eigenvalue weighted by Gasteiger charge is 2.21. The van der Waals surface area contributed by atoms with Crippen LogP contribution >= 0.6 is 0 Å². The molecule has 1 aromatic heterocycles. The van der Waals surface area contributed by atoms with Crippen LogP contribution < -0.4 is 10.2 Å². The normalized spacial score (nSPS) is 18.4. The van der Waals surface area contributed by atoms with E-state index >= 15 is 0 Å². The Bertz CT molecular complexity index is 994. The van der Waals surface area contributed by atoms with Crippen molar-refractivity contribution in [2.45, 2.75) is 45.3 Å². The van der Waals surface area contributed by atoms with E-state index in [4.69, 9.17) is 14.2 Å². The van der Waals surface area contributed by atoms with Crippen LogP contribution in [0.3, 0.4) is 0 Å². The molecule has 1 N–H and O–H groups in total. The zero-order valence-corrected chi connectivity index (χ0v) is 21.0. The zero-order chi connectivity index (χ0) is 25.2.